The third kappa shape index (κ3) is 4.57. The molecule has 3 nitrogen and oxygen atoms in total. The van der Waals surface area contributed by atoms with Crippen LogP contribution in [0.25, 0.3) is 0 Å². The first-order valence-electron chi connectivity index (χ1n) is 3.71. The number of carbonyl (C=O) groups is 2. The van der Waals surface area contributed by atoms with Gasteiger partial charge in [-0.1, -0.05) is 13.3 Å². The van der Waals surface area contributed by atoms with E-state index >= 15 is 0 Å². The van der Waals surface area contributed by atoms with Gasteiger partial charge in [-0.2, -0.15) is 0 Å². The maximum Gasteiger partial charge on any atom is 0.316 e. The average molecular weight is 209 g/mol. The number of esters is 1. The van der Waals surface area contributed by atoms with Crippen LogP contribution in [0.5, 0.6) is 0 Å². The van der Waals surface area contributed by atoms with E-state index in [2.05, 4.69) is 4.74 Å². The summed E-state index contributed by atoms with van der Waals surface area (Å²) in [7, 11) is 1.30. The Morgan fingerprint density at radius 1 is 1.42 bits per heavy atom. The summed E-state index contributed by atoms with van der Waals surface area (Å²) in [5.41, 5.74) is 0. The minimum absolute atomic E-state index is 0. The van der Waals surface area contributed by atoms with E-state index in [0.29, 0.717) is 6.42 Å². The topological polar surface area (TPSA) is 43.4 Å². The maximum absolute atomic E-state index is 10.9. The molecule has 0 spiro atoms. The smallest absolute Gasteiger partial charge is 0.316 e. The summed E-state index contributed by atoms with van der Waals surface area (Å²) in [6.45, 7) is 3.34. The van der Waals surface area contributed by atoms with E-state index in [9.17, 15) is 9.59 Å². The van der Waals surface area contributed by atoms with Crippen molar-refractivity contribution in [3.05, 3.63) is 0 Å². The van der Waals surface area contributed by atoms with Gasteiger partial charge in [0.1, 0.15) is 11.7 Å². The van der Waals surface area contributed by atoms with Crippen LogP contribution in [0, 0.1) is 5.92 Å². The summed E-state index contributed by atoms with van der Waals surface area (Å²) < 4.78 is 4.47. The molecule has 4 heteroatoms. The fourth-order valence-corrected chi connectivity index (χ4v) is 0.918. The molecule has 69 valence electrons. The predicted octanol–water partition coefficient (Wildman–Crippen LogP) is 1.16. The Morgan fingerprint density at radius 3 is 2.17 bits per heavy atom. The summed E-state index contributed by atoms with van der Waals surface area (Å²) in [6.07, 6.45) is 1.40. The van der Waals surface area contributed by atoms with Crippen molar-refractivity contribution in [1.29, 1.82) is 0 Å². The van der Waals surface area contributed by atoms with E-state index in [-0.39, 0.29) is 24.3 Å². The number of rotatable bonds is 4. The summed E-state index contributed by atoms with van der Waals surface area (Å²) in [6, 6.07) is 0. The third-order valence-corrected chi connectivity index (χ3v) is 1.55. The number of ether oxygens (including phenoxy) is 1. The van der Waals surface area contributed by atoms with Crippen LogP contribution in [-0.4, -0.2) is 18.9 Å². The van der Waals surface area contributed by atoms with Gasteiger partial charge in [-0.25, -0.2) is 0 Å². The second-order valence-corrected chi connectivity index (χ2v) is 2.48. The Bertz CT molecular complexity index is 156. The Hall–Kier alpha value is -0.276. The summed E-state index contributed by atoms with van der Waals surface area (Å²) in [4.78, 5) is 21.7. The quantitative estimate of drug-likeness (QED) is 0.515. The normalized spacial score (nSPS) is 11.2. The van der Waals surface area contributed by atoms with Crippen molar-refractivity contribution in [3.63, 3.8) is 0 Å². The summed E-state index contributed by atoms with van der Waals surface area (Å²) in [5.74, 6) is -1.08. The molecule has 0 saturated heterocycles. The molecule has 0 bridgehead atoms. The van der Waals surface area contributed by atoms with E-state index < -0.39 is 11.9 Å². The number of ketones is 1. The molecule has 0 saturated carbocycles. The number of Topliss-reactive ketones (excluding diaryl/α,β-unsaturated/α-hetero) is 1. The zero-order valence-corrected chi connectivity index (χ0v) is 9.06. The van der Waals surface area contributed by atoms with Crippen molar-refractivity contribution < 1.29 is 32.9 Å². The van der Waals surface area contributed by atoms with Crippen LogP contribution in [0.3, 0.4) is 0 Å². The molecule has 1 radical (unpaired) electrons. The van der Waals surface area contributed by atoms with E-state index in [1.807, 2.05) is 6.92 Å². The van der Waals surface area contributed by atoms with Gasteiger partial charge in [0.15, 0.2) is 0 Å². The molecular formula is C8H14O3V. The molecule has 0 aromatic carbocycles. The van der Waals surface area contributed by atoms with Crippen molar-refractivity contribution in [3.8, 4) is 0 Å². The van der Waals surface area contributed by atoms with Gasteiger partial charge in [0.25, 0.3) is 0 Å². The zero-order valence-electron chi connectivity index (χ0n) is 7.66. The van der Waals surface area contributed by atoms with E-state index in [1.165, 1.54) is 14.0 Å². The molecule has 12 heavy (non-hydrogen) atoms. The second kappa shape index (κ2) is 7.38. The monoisotopic (exact) mass is 209 g/mol. The molecule has 0 fully saturated rings. The first kappa shape index (κ1) is 14.3. The molecule has 1 unspecified atom stereocenters. The van der Waals surface area contributed by atoms with Gasteiger partial charge in [0.2, 0.25) is 0 Å². The molecule has 0 aliphatic heterocycles. The summed E-state index contributed by atoms with van der Waals surface area (Å²) in [5, 5.41) is 0. The minimum Gasteiger partial charge on any atom is -0.468 e. The molecule has 0 rings (SSSR count). The molecule has 0 aliphatic carbocycles. The van der Waals surface area contributed by atoms with Crippen LogP contribution in [0.4, 0.5) is 0 Å². The van der Waals surface area contributed by atoms with Crippen LogP contribution in [0.2, 0.25) is 0 Å². The largest absolute Gasteiger partial charge is 0.468 e. The molecule has 0 N–H and O–H groups in total. The predicted molar refractivity (Wildman–Crippen MR) is 41.1 cm³/mol. The Morgan fingerprint density at radius 2 is 1.92 bits per heavy atom. The fourth-order valence-electron chi connectivity index (χ4n) is 0.918. The van der Waals surface area contributed by atoms with Gasteiger partial charge in [-0.05, 0) is 13.3 Å². The minimum atomic E-state index is -0.551. The van der Waals surface area contributed by atoms with Gasteiger partial charge < -0.3 is 4.74 Å². The first-order valence-corrected chi connectivity index (χ1v) is 3.71. The summed E-state index contributed by atoms with van der Waals surface area (Å²) >= 11 is 0. The average Bonchev–Trinajstić information content (AvgIpc) is 1.98. The number of hydrogen-bond donors (Lipinski definition) is 0. The van der Waals surface area contributed by atoms with Gasteiger partial charge >= 0.3 is 5.97 Å². The third-order valence-electron chi connectivity index (χ3n) is 1.55. The van der Waals surface area contributed by atoms with E-state index in [4.69, 9.17) is 0 Å². The maximum atomic E-state index is 10.9. The zero-order chi connectivity index (χ0) is 8.85. The van der Waals surface area contributed by atoms with E-state index in [0.717, 1.165) is 6.42 Å². The number of methoxy groups -OCH3 is 1. The Labute approximate surface area is 84.7 Å². The molecule has 0 aromatic heterocycles. The van der Waals surface area contributed by atoms with Crippen LogP contribution in [0.15, 0.2) is 0 Å². The van der Waals surface area contributed by atoms with Crippen LogP contribution >= 0.6 is 0 Å². The molecule has 0 aromatic rings. The van der Waals surface area contributed by atoms with Gasteiger partial charge in [-0.3, -0.25) is 9.59 Å². The number of hydrogen-bond acceptors (Lipinski definition) is 3. The molecule has 0 aliphatic rings. The van der Waals surface area contributed by atoms with Crippen molar-refractivity contribution >= 4 is 11.8 Å². The van der Waals surface area contributed by atoms with Crippen molar-refractivity contribution in [2.24, 2.45) is 5.92 Å². The van der Waals surface area contributed by atoms with Gasteiger partial charge in [0, 0.05) is 18.6 Å². The van der Waals surface area contributed by atoms with Crippen LogP contribution < -0.4 is 0 Å². The Kier molecular flexibility index (Phi) is 8.77. The second-order valence-electron chi connectivity index (χ2n) is 2.48. The van der Waals surface area contributed by atoms with Crippen molar-refractivity contribution in [1.82, 2.24) is 0 Å². The standard InChI is InChI=1S/C8H14O3.V/c1-4-5-7(6(2)9)8(10)11-3;/h7H,4-5H2,1-3H3;. The molecule has 1 atom stereocenters. The molecule has 0 heterocycles. The SMILES string of the molecule is CCCC(C(C)=O)C(=O)OC.[V]. The molecular weight excluding hydrogens is 195 g/mol. The van der Waals surface area contributed by atoms with Gasteiger partial charge in [0.05, 0.1) is 7.11 Å². The fraction of sp³-hybridized carbons (Fsp3) is 0.750. The van der Waals surface area contributed by atoms with Gasteiger partial charge in [-0.15, -0.1) is 0 Å². The van der Waals surface area contributed by atoms with Crippen LogP contribution in [0.1, 0.15) is 26.7 Å². The van der Waals surface area contributed by atoms with Crippen molar-refractivity contribution in [2.75, 3.05) is 7.11 Å². The molecule has 0 amide bonds. The van der Waals surface area contributed by atoms with Crippen molar-refractivity contribution in [2.45, 2.75) is 26.7 Å². The van der Waals surface area contributed by atoms with Crippen LogP contribution in [-0.2, 0) is 32.9 Å². The number of carbonyl (C=O) groups excluding carboxylic acids is 2. The Balaban J connectivity index is 0. The van der Waals surface area contributed by atoms with E-state index in [1.54, 1.807) is 0 Å². The first-order chi connectivity index (χ1) is 5.13.